The van der Waals surface area contributed by atoms with E-state index in [1.165, 1.54) is 17.6 Å². The van der Waals surface area contributed by atoms with Crippen LogP contribution in [0, 0.1) is 0 Å². The molecule has 1 aromatic heterocycles. The van der Waals surface area contributed by atoms with Crippen molar-refractivity contribution >= 4 is 11.9 Å². The Hall–Kier alpha value is -1.78. The molecule has 1 rings (SSSR count). The van der Waals surface area contributed by atoms with Gasteiger partial charge in [-0.15, -0.1) is 0 Å². The Bertz CT molecular complexity index is 368. The minimum absolute atomic E-state index is 0.136. The van der Waals surface area contributed by atoms with Gasteiger partial charge >= 0.3 is 5.97 Å². The lowest BCUT2D eigenvalue weighted by atomic mass is 10.4. The zero-order valence-electron chi connectivity index (χ0n) is 8.07. The Labute approximate surface area is 81.3 Å². The van der Waals surface area contributed by atoms with Crippen molar-refractivity contribution in [3.63, 3.8) is 0 Å². The maximum absolute atomic E-state index is 10.7. The molecular formula is C9H12N2O3. The van der Waals surface area contributed by atoms with Gasteiger partial charge in [-0.2, -0.15) is 0 Å². The van der Waals surface area contributed by atoms with Gasteiger partial charge in [-0.05, 0) is 12.1 Å². The van der Waals surface area contributed by atoms with Crippen LogP contribution in [-0.4, -0.2) is 21.6 Å². The van der Waals surface area contributed by atoms with Crippen LogP contribution in [0.1, 0.15) is 23.1 Å². The van der Waals surface area contributed by atoms with Gasteiger partial charge in [0.25, 0.3) is 0 Å². The van der Waals surface area contributed by atoms with Crippen molar-refractivity contribution in [1.29, 1.82) is 0 Å². The summed E-state index contributed by atoms with van der Waals surface area (Å²) >= 11 is 0. The Morgan fingerprint density at radius 1 is 1.50 bits per heavy atom. The Morgan fingerprint density at radius 3 is 2.57 bits per heavy atom. The molecule has 0 unspecified atom stereocenters. The van der Waals surface area contributed by atoms with Gasteiger partial charge in [-0.25, -0.2) is 4.79 Å². The van der Waals surface area contributed by atoms with Crippen molar-refractivity contribution in [1.82, 2.24) is 9.88 Å². The standard InChI is InChI=1S/C9H12N2O3/c1-6(12)10-5-7-3-4-8(9(13)14)11(7)2/h3-4H,5H2,1-2H3,(H,10,12)(H,13,14). The fourth-order valence-corrected chi connectivity index (χ4v) is 1.16. The Morgan fingerprint density at radius 2 is 2.14 bits per heavy atom. The summed E-state index contributed by atoms with van der Waals surface area (Å²) in [6.07, 6.45) is 0. The predicted molar refractivity (Wildman–Crippen MR) is 49.9 cm³/mol. The van der Waals surface area contributed by atoms with Gasteiger partial charge in [0.15, 0.2) is 0 Å². The number of nitrogens with one attached hydrogen (secondary N) is 1. The van der Waals surface area contributed by atoms with E-state index in [-0.39, 0.29) is 11.6 Å². The van der Waals surface area contributed by atoms with E-state index in [9.17, 15) is 9.59 Å². The summed E-state index contributed by atoms with van der Waals surface area (Å²) in [6, 6.07) is 3.19. The number of carboxylic acids is 1. The molecule has 1 heterocycles. The monoisotopic (exact) mass is 196 g/mol. The zero-order valence-corrected chi connectivity index (χ0v) is 8.07. The van der Waals surface area contributed by atoms with Crippen LogP contribution < -0.4 is 5.32 Å². The normalized spacial score (nSPS) is 9.86. The number of carbonyl (C=O) groups is 2. The molecule has 0 fully saturated rings. The molecule has 5 nitrogen and oxygen atoms in total. The second-order valence-corrected chi connectivity index (χ2v) is 2.98. The highest BCUT2D eigenvalue weighted by molar-refractivity contribution is 5.86. The highest BCUT2D eigenvalue weighted by Gasteiger charge is 2.10. The number of nitrogens with zero attached hydrogens (tertiary/aromatic N) is 1. The molecule has 76 valence electrons. The predicted octanol–water partition coefficient (Wildman–Crippen LogP) is 0.359. The van der Waals surface area contributed by atoms with E-state index >= 15 is 0 Å². The lowest BCUT2D eigenvalue weighted by Gasteiger charge is -2.05. The minimum atomic E-state index is -0.971. The number of hydrogen-bond acceptors (Lipinski definition) is 2. The Balaban J connectivity index is 2.79. The average Bonchev–Trinajstić information content (AvgIpc) is 2.43. The number of carbonyl (C=O) groups excluding carboxylic acids is 1. The third-order valence-electron chi connectivity index (χ3n) is 1.96. The van der Waals surface area contributed by atoms with Crippen molar-refractivity contribution in [3.8, 4) is 0 Å². The first-order valence-electron chi connectivity index (χ1n) is 4.14. The first kappa shape index (κ1) is 10.3. The molecule has 0 aliphatic carbocycles. The second kappa shape index (κ2) is 3.95. The maximum Gasteiger partial charge on any atom is 0.352 e. The number of aromatic carboxylic acids is 1. The average molecular weight is 196 g/mol. The van der Waals surface area contributed by atoms with Crippen LogP contribution in [0.25, 0.3) is 0 Å². The molecule has 1 amide bonds. The van der Waals surface area contributed by atoms with Gasteiger partial charge in [0.1, 0.15) is 5.69 Å². The summed E-state index contributed by atoms with van der Waals surface area (Å²) in [5, 5.41) is 11.4. The first-order valence-corrected chi connectivity index (χ1v) is 4.14. The Kier molecular flexibility index (Phi) is 2.91. The van der Waals surface area contributed by atoms with Crippen molar-refractivity contribution < 1.29 is 14.7 Å². The van der Waals surface area contributed by atoms with Crippen LogP contribution >= 0.6 is 0 Å². The molecule has 0 radical (unpaired) electrons. The van der Waals surface area contributed by atoms with Crippen molar-refractivity contribution in [2.24, 2.45) is 7.05 Å². The van der Waals surface area contributed by atoms with Crippen LogP contribution in [0.5, 0.6) is 0 Å². The molecule has 5 heteroatoms. The van der Waals surface area contributed by atoms with Crippen LogP contribution in [0.15, 0.2) is 12.1 Å². The topological polar surface area (TPSA) is 71.3 Å². The summed E-state index contributed by atoms with van der Waals surface area (Å²) < 4.78 is 1.54. The molecule has 2 N–H and O–H groups in total. The second-order valence-electron chi connectivity index (χ2n) is 2.98. The fraction of sp³-hybridized carbons (Fsp3) is 0.333. The molecule has 0 saturated carbocycles. The molecule has 0 atom stereocenters. The van der Waals surface area contributed by atoms with Gasteiger partial charge in [0, 0.05) is 19.7 Å². The van der Waals surface area contributed by atoms with Gasteiger partial charge in [-0.1, -0.05) is 0 Å². The molecule has 0 aliphatic heterocycles. The van der Waals surface area contributed by atoms with E-state index in [4.69, 9.17) is 5.11 Å². The van der Waals surface area contributed by atoms with E-state index in [1.54, 1.807) is 13.1 Å². The third kappa shape index (κ3) is 2.12. The summed E-state index contributed by atoms with van der Waals surface area (Å²) in [5.74, 6) is -1.11. The third-order valence-corrected chi connectivity index (χ3v) is 1.96. The van der Waals surface area contributed by atoms with Crippen LogP contribution in [0.4, 0.5) is 0 Å². The maximum atomic E-state index is 10.7. The number of carboxylic acid groups (broad SMARTS) is 1. The van der Waals surface area contributed by atoms with Crippen molar-refractivity contribution in [2.45, 2.75) is 13.5 Å². The first-order chi connectivity index (χ1) is 6.52. The molecule has 0 spiro atoms. The lowest BCUT2D eigenvalue weighted by molar-refractivity contribution is -0.119. The van der Waals surface area contributed by atoms with Crippen LogP contribution in [0.2, 0.25) is 0 Å². The molecule has 14 heavy (non-hydrogen) atoms. The highest BCUT2D eigenvalue weighted by Crippen LogP contribution is 2.06. The van der Waals surface area contributed by atoms with E-state index in [1.807, 2.05) is 0 Å². The summed E-state index contributed by atoms with van der Waals surface area (Å²) in [5.41, 5.74) is 0.975. The van der Waals surface area contributed by atoms with E-state index in [0.29, 0.717) is 6.54 Å². The molecule has 0 aliphatic rings. The van der Waals surface area contributed by atoms with E-state index in [2.05, 4.69) is 5.32 Å². The highest BCUT2D eigenvalue weighted by atomic mass is 16.4. The summed E-state index contributed by atoms with van der Waals surface area (Å²) in [6.45, 7) is 1.76. The number of amides is 1. The molecule has 0 saturated heterocycles. The summed E-state index contributed by atoms with van der Waals surface area (Å²) in [4.78, 5) is 21.3. The largest absolute Gasteiger partial charge is 0.477 e. The molecule has 0 bridgehead atoms. The van der Waals surface area contributed by atoms with Crippen LogP contribution in [0.3, 0.4) is 0 Å². The lowest BCUT2D eigenvalue weighted by Crippen LogP contribution is -2.21. The molecular weight excluding hydrogens is 184 g/mol. The van der Waals surface area contributed by atoms with E-state index in [0.717, 1.165) is 5.69 Å². The molecule has 1 aromatic rings. The van der Waals surface area contributed by atoms with Gasteiger partial charge in [0.2, 0.25) is 5.91 Å². The van der Waals surface area contributed by atoms with Crippen molar-refractivity contribution in [3.05, 3.63) is 23.5 Å². The zero-order chi connectivity index (χ0) is 10.7. The smallest absolute Gasteiger partial charge is 0.352 e. The van der Waals surface area contributed by atoms with Gasteiger partial charge in [-0.3, -0.25) is 4.79 Å². The van der Waals surface area contributed by atoms with Crippen molar-refractivity contribution in [2.75, 3.05) is 0 Å². The number of rotatable bonds is 3. The van der Waals surface area contributed by atoms with Gasteiger partial charge in [0.05, 0.1) is 6.54 Å². The fourth-order valence-electron chi connectivity index (χ4n) is 1.16. The number of hydrogen-bond donors (Lipinski definition) is 2. The minimum Gasteiger partial charge on any atom is -0.477 e. The van der Waals surface area contributed by atoms with Crippen LogP contribution in [-0.2, 0) is 18.4 Å². The molecule has 0 aromatic carbocycles. The number of aromatic nitrogens is 1. The van der Waals surface area contributed by atoms with Gasteiger partial charge < -0.3 is 15.0 Å². The van der Waals surface area contributed by atoms with E-state index < -0.39 is 5.97 Å². The summed E-state index contributed by atoms with van der Waals surface area (Å²) in [7, 11) is 1.65. The quantitative estimate of drug-likeness (QED) is 0.733. The SMILES string of the molecule is CC(=O)NCc1ccc(C(=O)O)n1C.